The largest absolute Gasteiger partial charge is 0.459 e. The number of unbranched alkanes of at least 4 members (excludes halogenated alkanes) is 10. The molecule has 172 valence electrons. The number of nitrogens with zero attached hydrogens (tertiary/aromatic N) is 1. The van der Waals surface area contributed by atoms with E-state index in [0.29, 0.717) is 11.3 Å². The average Bonchev–Trinajstić information content (AvgIpc) is 2.61. The number of nitrogens with one attached hydrogen (secondary N) is 2. The molecule has 0 aliphatic carbocycles. The molecule has 0 aromatic rings. The van der Waals surface area contributed by atoms with Crippen molar-refractivity contribution in [3.63, 3.8) is 0 Å². The first-order valence-electron chi connectivity index (χ1n) is 12.2. The number of guanidine groups is 1. The Morgan fingerprint density at radius 3 is 1.90 bits per heavy atom. The van der Waals surface area contributed by atoms with Crippen molar-refractivity contribution in [3.8, 4) is 0 Å². The summed E-state index contributed by atoms with van der Waals surface area (Å²) in [4.78, 5) is 24.6. The van der Waals surface area contributed by atoms with E-state index in [1.807, 2.05) is 0 Å². The molecule has 0 unspecified atom stereocenters. The Balaban J connectivity index is 0. The quantitative estimate of drug-likeness (QED) is 0.164. The average molecular weight is 437 g/mol. The molecule has 1 amide bonds. The number of hydrogen-bond acceptors (Lipinski definition) is 4. The second-order valence-electron chi connectivity index (χ2n) is 8.35. The molecule has 0 fully saturated rings. The molecule has 0 aromatic carbocycles. The molecule has 0 heterocycles. The summed E-state index contributed by atoms with van der Waals surface area (Å²) in [7, 11) is 0. The van der Waals surface area contributed by atoms with Gasteiger partial charge in [-0.15, -0.1) is 12.4 Å². The van der Waals surface area contributed by atoms with E-state index in [4.69, 9.17) is 14.3 Å². The van der Waals surface area contributed by atoms with Gasteiger partial charge < -0.3 is 9.64 Å². The molecule has 0 aromatic heterocycles. The van der Waals surface area contributed by atoms with Crippen LogP contribution in [0, 0.1) is 5.41 Å². The SMILES string of the molecule is Cl.[2H]C([2H])([2H])N(CC(=O)OC(C)(C)C)C(=N)NC(=O)CCCCCCCCCCCCC. The van der Waals surface area contributed by atoms with E-state index in [-0.39, 0.29) is 18.8 Å². The fourth-order valence-corrected chi connectivity index (χ4v) is 2.79. The van der Waals surface area contributed by atoms with Crippen molar-refractivity contribution in [2.24, 2.45) is 0 Å². The van der Waals surface area contributed by atoms with Crippen LogP contribution in [0.2, 0.25) is 0 Å². The van der Waals surface area contributed by atoms with Crippen LogP contribution in [0.5, 0.6) is 0 Å². The van der Waals surface area contributed by atoms with E-state index in [1.54, 1.807) is 20.8 Å². The van der Waals surface area contributed by atoms with Crippen molar-refractivity contribution in [1.29, 1.82) is 5.41 Å². The fourth-order valence-electron chi connectivity index (χ4n) is 2.79. The number of hydrogen-bond donors (Lipinski definition) is 2. The molecule has 6 nitrogen and oxygen atoms in total. The van der Waals surface area contributed by atoms with Crippen LogP contribution in [-0.4, -0.2) is 41.9 Å². The highest BCUT2D eigenvalue weighted by molar-refractivity contribution is 5.96. The maximum Gasteiger partial charge on any atom is 0.326 e. The van der Waals surface area contributed by atoms with E-state index < -0.39 is 37.0 Å². The van der Waals surface area contributed by atoms with Gasteiger partial charge in [-0.3, -0.25) is 20.3 Å². The zero-order chi connectivity index (χ0) is 23.9. The lowest BCUT2D eigenvalue weighted by atomic mass is 10.1. The van der Waals surface area contributed by atoms with Gasteiger partial charge in [0, 0.05) is 17.5 Å². The normalized spacial score (nSPS) is 12.8. The molecular weight excluding hydrogens is 390 g/mol. The molecule has 0 bridgehead atoms. The lowest BCUT2D eigenvalue weighted by Crippen LogP contribution is -2.44. The summed E-state index contributed by atoms with van der Waals surface area (Å²) in [6.07, 6.45) is 13.1. The van der Waals surface area contributed by atoms with Gasteiger partial charge in [0.2, 0.25) is 5.91 Å². The molecule has 0 aliphatic rings. The fraction of sp³-hybridized carbons (Fsp3) is 0.864. The van der Waals surface area contributed by atoms with Crippen LogP contribution in [0.1, 0.15) is 109 Å². The van der Waals surface area contributed by atoms with E-state index in [2.05, 4.69) is 12.2 Å². The molecule has 2 N–H and O–H groups in total. The zero-order valence-corrected chi connectivity index (χ0v) is 19.6. The maximum atomic E-state index is 12.1. The van der Waals surface area contributed by atoms with E-state index in [0.717, 1.165) is 19.3 Å². The Kier molecular flexibility index (Phi) is 14.5. The summed E-state index contributed by atoms with van der Waals surface area (Å²) >= 11 is 0. The maximum absolute atomic E-state index is 12.1. The first kappa shape index (κ1) is 24.0. The van der Waals surface area contributed by atoms with Gasteiger partial charge >= 0.3 is 5.97 Å². The van der Waals surface area contributed by atoms with Gasteiger partial charge in [-0.2, -0.15) is 0 Å². The Labute approximate surface area is 188 Å². The number of halogens is 1. The van der Waals surface area contributed by atoms with Crippen LogP contribution in [-0.2, 0) is 14.3 Å². The molecule has 0 spiro atoms. The van der Waals surface area contributed by atoms with Crippen LogP contribution in [0.15, 0.2) is 0 Å². The van der Waals surface area contributed by atoms with Crippen molar-refractivity contribution in [2.75, 3.05) is 13.5 Å². The smallest absolute Gasteiger partial charge is 0.326 e. The summed E-state index contributed by atoms with van der Waals surface area (Å²) in [5.41, 5.74) is -0.766. The molecule has 29 heavy (non-hydrogen) atoms. The predicted molar refractivity (Wildman–Crippen MR) is 123 cm³/mol. The minimum Gasteiger partial charge on any atom is -0.459 e. The van der Waals surface area contributed by atoms with Crippen LogP contribution < -0.4 is 5.32 Å². The van der Waals surface area contributed by atoms with Crippen LogP contribution in [0.3, 0.4) is 0 Å². The van der Waals surface area contributed by atoms with Gasteiger partial charge in [0.1, 0.15) is 12.1 Å². The van der Waals surface area contributed by atoms with Gasteiger partial charge in [0.25, 0.3) is 0 Å². The number of rotatable bonds is 14. The zero-order valence-electron chi connectivity index (χ0n) is 21.8. The number of ether oxygens (including phenoxy) is 1. The second kappa shape index (κ2) is 17.5. The van der Waals surface area contributed by atoms with E-state index in [1.165, 1.54) is 44.9 Å². The summed E-state index contributed by atoms with van der Waals surface area (Å²) in [5, 5.41) is 10.2. The molecular formula is C22H44ClN3O3. The summed E-state index contributed by atoms with van der Waals surface area (Å²) < 4.78 is 27.8. The number of amides is 1. The van der Waals surface area contributed by atoms with Crippen molar-refractivity contribution in [2.45, 2.75) is 110 Å². The summed E-state index contributed by atoms with van der Waals surface area (Å²) in [6.45, 7) is 3.86. The first-order valence-corrected chi connectivity index (χ1v) is 10.7. The predicted octanol–water partition coefficient (Wildman–Crippen LogP) is 5.43. The molecule has 0 saturated heterocycles. The van der Waals surface area contributed by atoms with Gasteiger partial charge in [-0.05, 0) is 27.2 Å². The number of carbonyl (C=O) groups is 2. The molecule has 0 radical (unpaired) electrons. The first-order chi connectivity index (χ1) is 14.4. The van der Waals surface area contributed by atoms with Gasteiger partial charge in [-0.25, -0.2) is 0 Å². The second-order valence-corrected chi connectivity index (χ2v) is 8.35. The van der Waals surface area contributed by atoms with E-state index >= 15 is 0 Å². The minimum absolute atomic E-state index is 0. The van der Waals surface area contributed by atoms with Crippen molar-refractivity contribution < 1.29 is 18.4 Å². The van der Waals surface area contributed by atoms with Gasteiger partial charge in [0.15, 0.2) is 5.96 Å². The molecule has 0 rings (SSSR count). The molecule has 7 heteroatoms. The summed E-state index contributed by atoms with van der Waals surface area (Å²) in [5.74, 6) is -1.80. The Morgan fingerprint density at radius 2 is 1.45 bits per heavy atom. The van der Waals surface area contributed by atoms with Crippen molar-refractivity contribution >= 4 is 30.2 Å². The van der Waals surface area contributed by atoms with Crippen molar-refractivity contribution in [1.82, 2.24) is 10.2 Å². The molecule has 0 saturated carbocycles. The summed E-state index contributed by atoms with van der Waals surface area (Å²) in [6, 6.07) is 0. The monoisotopic (exact) mass is 436 g/mol. The van der Waals surface area contributed by atoms with Crippen LogP contribution in [0.4, 0.5) is 0 Å². The van der Waals surface area contributed by atoms with Crippen LogP contribution in [0.25, 0.3) is 0 Å². The highest BCUT2D eigenvalue weighted by Gasteiger charge is 2.19. The number of esters is 1. The highest BCUT2D eigenvalue weighted by atomic mass is 35.5. The molecule has 0 atom stereocenters. The number of likely N-dealkylation sites (N-methyl/N-ethyl adjacent to an activating group) is 1. The third-order valence-corrected chi connectivity index (χ3v) is 4.24. The van der Waals surface area contributed by atoms with Gasteiger partial charge in [-0.1, -0.05) is 71.1 Å². The Bertz CT molecular complexity index is 553. The minimum atomic E-state index is -2.74. The highest BCUT2D eigenvalue weighted by Crippen LogP contribution is 2.12. The lowest BCUT2D eigenvalue weighted by Gasteiger charge is -2.23. The van der Waals surface area contributed by atoms with Crippen LogP contribution >= 0.6 is 12.4 Å². The Morgan fingerprint density at radius 1 is 0.966 bits per heavy atom. The lowest BCUT2D eigenvalue weighted by molar-refractivity contribution is -0.155. The number of carbonyl (C=O) groups excluding carboxylic acids is 2. The third kappa shape index (κ3) is 19.8. The molecule has 0 aliphatic heterocycles. The Hall–Kier alpha value is -1.30. The topological polar surface area (TPSA) is 82.5 Å². The third-order valence-electron chi connectivity index (χ3n) is 4.24. The standard InChI is InChI=1S/C22H43N3O3.ClH/c1-6-7-8-9-10-11-12-13-14-15-16-17-19(26)24-21(23)25(5)18-20(27)28-22(2,3)4;/h6-18H2,1-5H3,(H2,23,24,26);1H/i5D3;. The van der Waals surface area contributed by atoms with E-state index in [9.17, 15) is 9.59 Å². The van der Waals surface area contributed by atoms with Crippen molar-refractivity contribution in [3.05, 3.63) is 0 Å². The van der Waals surface area contributed by atoms with Gasteiger partial charge in [0.05, 0.1) is 0 Å².